The Morgan fingerprint density at radius 3 is 1.57 bits per heavy atom. The summed E-state index contributed by atoms with van der Waals surface area (Å²) in [6.45, 7) is 4.77. The average molecular weight is 921 g/mol. The number of hydrogen-bond donors (Lipinski definition) is 0. The van der Waals surface area contributed by atoms with E-state index in [4.69, 9.17) is 19.7 Å². The van der Waals surface area contributed by atoms with E-state index in [0.29, 0.717) is 17.5 Å². The van der Waals surface area contributed by atoms with Gasteiger partial charge in [0.15, 0.2) is 17.5 Å². The lowest BCUT2D eigenvalue weighted by Crippen LogP contribution is -2.32. The van der Waals surface area contributed by atoms with Crippen LogP contribution in [0.15, 0.2) is 231 Å². The first-order valence-electron chi connectivity index (χ1n) is 24.8. The molecule has 2 aromatic heterocycles. The van der Waals surface area contributed by atoms with Gasteiger partial charge < -0.3 is 9.30 Å². The zero-order valence-corrected chi connectivity index (χ0v) is 39.6. The molecule has 0 atom stereocenters. The summed E-state index contributed by atoms with van der Waals surface area (Å²) in [6.07, 6.45) is 0. The van der Waals surface area contributed by atoms with Gasteiger partial charge in [-0.3, -0.25) is 0 Å². The number of benzene rings is 10. The average Bonchev–Trinajstić information content (AvgIpc) is 4.02. The Morgan fingerprint density at radius 1 is 0.361 bits per heavy atom. The molecule has 3 aliphatic rings. The molecule has 2 aliphatic carbocycles. The predicted molar refractivity (Wildman–Crippen MR) is 291 cm³/mol. The van der Waals surface area contributed by atoms with Gasteiger partial charge in [-0.1, -0.05) is 196 Å². The smallest absolute Gasteiger partial charge is 0.164 e. The maximum Gasteiger partial charge on any atom is 0.164 e. The summed E-state index contributed by atoms with van der Waals surface area (Å²) >= 11 is 0. The third-order valence-electron chi connectivity index (χ3n) is 15.7. The summed E-state index contributed by atoms with van der Waals surface area (Å²) in [4.78, 5) is 15.4. The number of aromatic nitrogens is 4. The number of ether oxygens (including phenoxy) is 1. The van der Waals surface area contributed by atoms with Crippen LogP contribution in [0.3, 0.4) is 0 Å². The van der Waals surface area contributed by atoms with Crippen LogP contribution in [0.2, 0.25) is 0 Å². The Morgan fingerprint density at radius 2 is 0.889 bits per heavy atom. The predicted octanol–water partition coefficient (Wildman–Crippen LogP) is 16.4. The highest BCUT2D eigenvalue weighted by Gasteiger charge is 2.51. The van der Waals surface area contributed by atoms with Gasteiger partial charge in [-0.05, 0) is 104 Å². The van der Waals surface area contributed by atoms with Crippen molar-refractivity contribution in [1.82, 2.24) is 19.5 Å². The van der Waals surface area contributed by atoms with Gasteiger partial charge in [-0.15, -0.1) is 0 Å². The van der Waals surface area contributed by atoms with Crippen LogP contribution in [-0.2, 0) is 10.8 Å². The van der Waals surface area contributed by atoms with Crippen molar-refractivity contribution in [2.45, 2.75) is 24.7 Å². The molecule has 1 aliphatic heterocycles. The van der Waals surface area contributed by atoms with E-state index in [2.05, 4.69) is 213 Å². The Bertz CT molecular complexity index is 4110. The van der Waals surface area contributed by atoms with Crippen molar-refractivity contribution >= 4 is 21.8 Å². The molecule has 1 spiro atoms. The fourth-order valence-electron chi connectivity index (χ4n) is 12.5. The van der Waals surface area contributed by atoms with Gasteiger partial charge in [0.2, 0.25) is 0 Å². The summed E-state index contributed by atoms with van der Waals surface area (Å²) in [5, 5.41) is 2.49. The summed E-state index contributed by atoms with van der Waals surface area (Å²) < 4.78 is 9.26. The van der Waals surface area contributed by atoms with Crippen LogP contribution in [0.25, 0.3) is 95.0 Å². The second-order valence-electron chi connectivity index (χ2n) is 19.9. The van der Waals surface area contributed by atoms with Gasteiger partial charge in [0.1, 0.15) is 11.5 Å². The number of fused-ring (bicyclic) bond motifs is 16. The minimum absolute atomic E-state index is 0.183. The Balaban J connectivity index is 0.955. The Hall–Kier alpha value is -9.19. The zero-order valence-electron chi connectivity index (χ0n) is 39.6. The molecule has 3 heterocycles. The van der Waals surface area contributed by atoms with E-state index in [-0.39, 0.29) is 5.41 Å². The van der Waals surface area contributed by atoms with Crippen molar-refractivity contribution < 1.29 is 4.74 Å². The van der Waals surface area contributed by atoms with Crippen molar-refractivity contribution in [2.75, 3.05) is 0 Å². The number of hydrogen-bond acceptors (Lipinski definition) is 4. The molecular weight excluding hydrogens is 877 g/mol. The molecule has 0 saturated heterocycles. The molecule has 5 nitrogen and oxygen atoms in total. The van der Waals surface area contributed by atoms with Crippen LogP contribution < -0.4 is 4.74 Å². The van der Waals surface area contributed by atoms with Crippen molar-refractivity contribution in [1.29, 1.82) is 0 Å². The lowest BCUT2D eigenvalue weighted by atomic mass is 9.66. The van der Waals surface area contributed by atoms with Gasteiger partial charge in [-0.2, -0.15) is 0 Å². The SMILES string of the molecule is CC1(C)c2ccccc2-c2ccc3c4cc(-c5ccc6c(c5)-c5ccc(-c7nc(-c8ccccc8)nc(-c8ccccc8)n7)cc5C65c6ccccc6Oc6ccccc65)ccc4n(-c4ccccc4)c3c21. The molecule has 338 valence electrons. The molecule has 0 bridgehead atoms. The summed E-state index contributed by atoms with van der Waals surface area (Å²) in [7, 11) is 0. The van der Waals surface area contributed by atoms with E-state index in [1.807, 2.05) is 36.4 Å². The van der Waals surface area contributed by atoms with Crippen molar-refractivity contribution in [3.63, 3.8) is 0 Å². The first kappa shape index (κ1) is 40.7. The standard InChI is InChI=1S/C67H44N4O/c1-66(2)53-25-13-12-24-47(53)49-34-35-50-52-39-44(32-37-58(52)71(62(50)61(49)66)46-22-10-5-11-23-46)43-31-36-54-51(38-43)48-33-30-45(40-57(48)67(54)55-26-14-16-28-59(55)72-60-29-17-15-27-56(60)67)65-69-63(41-18-6-3-7-19-41)68-64(70-65)42-20-8-4-9-21-42/h3-40H,1-2H3. The highest BCUT2D eigenvalue weighted by atomic mass is 16.5. The fraction of sp³-hybridized carbons (Fsp3) is 0.0597. The molecule has 0 fully saturated rings. The topological polar surface area (TPSA) is 52.8 Å². The Kier molecular flexibility index (Phi) is 8.56. The Labute approximate surface area is 417 Å². The molecule has 0 N–H and O–H groups in total. The zero-order chi connectivity index (χ0) is 47.7. The molecule has 15 rings (SSSR count). The summed E-state index contributed by atoms with van der Waals surface area (Å²) in [5.74, 6) is 3.57. The monoisotopic (exact) mass is 920 g/mol. The molecule has 0 amide bonds. The fourth-order valence-corrected chi connectivity index (χ4v) is 12.5. The molecule has 12 aromatic rings. The first-order chi connectivity index (χ1) is 35.4. The number of rotatable bonds is 5. The van der Waals surface area contributed by atoms with Crippen LogP contribution >= 0.6 is 0 Å². The van der Waals surface area contributed by atoms with E-state index in [0.717, 1.165) is 56.1 Å². The minimum atomic E-state index is -0.694. The van der Waals surface area contributed by atoms with Crippen molar-refractivity contribution in [2.24, 2.45) is 0 Å². The van der Waals surface area contributed by atoms with Crippen molar-refractivity contribution in [3.8, 4) is 84.7 Å². The van der Waals surface area contributed by atoms with Crippen molar-refractivity contribution in [3.05, 3.63) is 264 Å². The van der Waals surface area contributed by atoms with E-state index < -0.39 is 5.41 Å². The molecule has 5 heteroatoms. The van der Waals surface area contributed by atoms with Crippen LogP contribution in [0.5, 0.6) is 11.5 Å². The highest BCUT2D eigenvalue weighted by Crippen LogP contribution is 2.63. The lowest BCUT2D eigenvalue weighted by molar-refractivity contribution is 0.436. The minimum Gasteiger partial charge on any atom is -0.457 e. The normalized spacial score (nSPS) is 14.0. The first-order valence-corrected chi connectivity index (χ1v) is 24.8. The highest BCUT2D eigenvalue weighted by molar-refractivity contribution is 6.14. The number of para-hydroxylation sites is 3. The quantitative estimate of drug-likeness (QED) is 0.173. The third-order valence-corrected chi connectivity index (χ3v) is 15.7. The number of nitrogens with zero attached hydrogens (tertiary/aromatic N) is 4. The summed E-state index contributed by atoms with van der Waals surface area (Å²) in [5.41, 5.74) is 20.2. The lowest BCUT2D eigenvalue weighted by Gasteiger charge is -2.39. The maximum atomic E-state index is 6.77. The van der Waals surface area contributed by atoms with Crippen LogP contribution in [0, 0.1) is 0 Å². The van der Waals surface area contributed by atoms with E-state index in [9.17, 15) is 0 Å². The van der Waals surface area contributed by atoms with Crippen LogP contribution in [0.4, 0.5) is 0 Å². The molecule has 0 radical (unpaired) electrons. The van der Waals surface area contributed by atoms with E-state index >= 15 is 0 Å². The second-order valence-corrected chi connectivity index (χ2v) is 19.9. The molecule has 0 unspecified atom stereocenters. The third kappa shape index (κ3) is 5.67. The second kappa shape index (κ2) is 15.2. The van der Waals surface area contributed by atoms with Gasteiger partial charge in [-0.25, -0.2) is 15.0 Å². The summed E-state index contributed by atoms with van der Waals surface area (Å²) in [6, 6.07) is 82.9. The maximum absolute atomic E-state index is 6.77. The van der Waals surface area contributed by atoms with Gasteiger partial charge >= 0.3 is 0 Å². The van der Waals surface area contributed by atoms with Gasteiger partial charge in [0.25, 0.3) is 0 Å². The van der Waals surface area contributed by atoms with E-state index in [1.54, 1.807) is 0 Å². The molecule has 72 heavy (non-hydrogen) atoms. The van der Waals surface area contributed by atoms with Gasteiger partial charge in [0, 0.05) is 49.7 Å². The molecule has 10 aromatic carbocycles. The van der Waals surface area contributed by atoms with Crippen LogP contribution in [-0.4, -0.2) is 19.5 Å². The largest absolute Gasteiger partial charge is 0.457 e. The van der Waals surface area contributed by atoms with Gasteiger partial charge in [0.05, 0.1) is 16.4 Å². The van der Waals surface area contributed by atoms with E-state index in [1.165, 1.54) is 66.3 Å². The van der Waals surface area contributed by atoms with Crippen LogP contribution in [0.1, 0.15) is 47.2 Å². The molecular formula is C67H44N4O. The molecule has 0 saturated carbocycles.